The van der Waals surface area contributed by atoms with Crippen LogP contribution < -0.4 is 0 Å². The highest BCUT2D eigenvalue weighted by Crippen LogP contribution is 1.99. The molecular formula is C14H22N2O5. The predicted octanol–water partition coefficient (Wildman–Crippen LogP) is 1.32. The van der Waals surface area contributed by atoms with Crippen LogP contribution in [-0.4, -0.2) is 49.5 Å². The monoisotopic (exact) mass is 298 g/mol. The number of aliphatic imine (C=N–C) groups is 2. The van der Waals surface area contributed by atoms with Gasteiger partial charge in [-0.2, -0.15) is 0 Å². The van der Waals surface area contributed by atoms with Gasteiger partial charge in [-0.3, -0.25) is 0 Å². The maximum Gasteiger partial charge on any atom is 0.333 e. The number of rotatable bonds is 10. The standard InChI is InChI=1S/C8H12N2O2.C6H10O3/c11-7-9-5-3-1-2-4-6-10-8-12;1-5(2)6(8)9-4-3-7/h1-6H2;7H,1,3-4H2,2H3. The number of carbonyl (C=O) groups is 1. The van der Waals surface area contributed by atoms with Gasteiger partial charge in [-0.25, -0.2) is 24.4 Å². The molecule has 0 radical (unpaired) electrons. The summed E-state index contributed by atoms with van der Waals surface area (Å²) in [6, 6.07) is 0. The number of isocyanates is 2. The van der Waals surface area contributed by atoms with Crippen LogP contribution in [0.1, 0.15) is 32.6 Å². The van der Waals surface area contributed by atoms with Gasteiger partial charge in [-0.05, 0) is 19.8 Å². The van der Waals surface area contributed by atoms with E-state index >= 15 is 0 Å². The third kappa shape index (κ3) is 20.4. The zero-order valence-corrected chi connectivity index (χ0v) is 12.3. The molecule has 1 N–H and O–H groups in total. The fourth-order valence-electron chi connectivity index (χ4n) is 1.09. The van der Waals surface area contributed by atoms with Crippen LogP contribution in [0.2, 0.25) is 0 Å². The molecule has 0 amide bonds. The topological polar surface area (TPSA) is 105 Å². The summed E-state index contributed by atoms with van der Waals surface area (Å²) in [6.45, 7) is 5.93. The van der Waals surface area contributed by atoms with Crippen LogP contribution in [-0.2, 0) is 19.1 Å². The molecule has 0 aliphatic heterocycles. The van der Waals surface area contributed by atoms with Crippen LogP contribution >= 0.6 is 0 Å². The lowest BCUT2D eigenvalue weighted by atomic mass is 10.2. The number of ether oxygens (including phenoxy) is 1. The quantitative estimate of drug-likeness (QED) is 0.215. The van der Waals surface area contributed by atoms with Crippen molar-refractivity contribution in [3.05, 3.63) is 12.2 Å². The Labute approximate surface area is 124 Å². The van der Waals surface area contributed by atoms with Crippen molar-refractivity contribution in [2.75, 3.05) is 26.3 Å². The number of hydrogen-bond acceptors (Lipinski definition) is 7. The van der Waals surface area contributed by atoms with Gasteiger partial charge < -0.3 is 9.84 Å². The van der Waals surface area contributed by atoms with Crippen LogP contribution in [0.4, 0.5) is 0 Å². The zero-order valence-electron chi connectivity index (χ0n) is 12.3. The molecule has 0 unspecified atom stereocenters. The molecule has 0 aromatic rings. The highest BCUT2D eigenvalue weighted by Gasteiger charge is 1.99. The Morgan fingerprint density at radius 2 is 1.57 bits per heavy atom. The summed E-state index contributed by atoms with van der Waals surface area (Å²) in [5, 5.41) is 8.19. The smallest absolute Gasteiger partial charge is 0.333 e. The van der Waals surface area contributed by atoms with Crippen molar-refractivity contribution in [1.82, 2.24) is 0 Å². The fraction of sp³-hybridized carbons (Fsp3) is 0.643. The molecule has 7 nitrogen and oxygen atoms in total. The van der Waals surface area contributed by atoms with Crippen LogP contribution in [0.25, 0.3) is 0 Å². The van der Waals surface area contributed by atoms with Gasteiger partial charge in [0.15, 0.2) is 0 Å². The first-order valence-electron chi connectivity index (χ1n) is 6.60. The molecule has 0 atom stereocenters. The number of hydrogen-bond donors (Lipinski definition) is 1. The summed E-state index contributed by atoms with van der Waals surface area (Å²) in [7, 11) is 0. The second-order valence-electron chi connectivity index (χ2n) is 4.00. The summed E-state index contributed by atoms with van der Waals surface area (Å²) in [5.74, 6) is -0.455. The fourth-order valence-corrected chi connectivity index (χ4v) is 1.09. The number of carbonyl (C=O) groups excluding carboxylic acids is 3. The Morgan fingerprint density at radius 1 is 1.10 bits per heavy atom. The molecule has 0 aliphatic carbocycles. The molecule has 0 aliphatic rings. The minimum Gasteiger partial charge on any atom is -0.460 e. The molecule has 0 heterocycles. The van der Waals surface area contributed by atoms with Crippen molar-refractivity contribution in [2.24, 2.45) is 9.98 Å². The second kappa shape index (κ2) is 17.9. The highest BCUT2D eigenvalue weighted by molar-refractivity contribution is 5.86. The molecule has 0 aromatic carbocycles. The number of aliphatic hydroxyl groups is 1. The van der Waals surface area contributed by atoms with Crippen molar-refractivity contribution < 1.29 is 24.2 Å². The van der Waals surface area contributed by atoms with Crippen LogP contribution in [0.15, 0.2) is 22.1 Å². The average molecular weight is 298 g/mol. The van der Waals surface area contributed by atoms with Gasteiger partial charge >= 0.3 is 5.97 Å². The molecule has 0 bridgehead atoms. The van der Waals surface area contributed by atoms with Crippen LogP contribution in [0.5, 0.6) is 0 Å². The number of aliphatic hydroxyl groups excluding tert-OH is 1. The Kier molecular flexibility index (Phi) is 18.1. The molecule has 0 fully saturated rings. The normalized spacial score (nSPS) is 8.48. The summed E-state index contributed by atoms with van der Waals surface area (Å²) in [4.78, 5) is 36.6. The summed E-state index contributed by atoms with van der Waals surface area (Å²) >= 11 is 0. The van der Waals surface area contributed by atoms with Crippen LogP contribution in [0, 0.1) is 0 Å². The molecule has 7 heteroatoms. The first kappa shape index (κ1) is 21.2. The number of esters is 1. The average Bonchev–Trinajstić information content (AvgIpc) is 2.48. The first-order chi connectivity index (χ1) is 10.1. The van der Waals surface area contributed by atoms with E-state index in [1.807, 2.05) is 0 Å². The summed E-state index contributed by atoms with van der Waals surface area (Å²) in [6.07, 6.45) is 6.80. The van der Waals surface area contributed by atoms with Crippen molar-refractivity contribution in [3.8, 4) is 0 Å². The van der Waals surface area contributed by atoms with E-state index in [0.717, 1.165) is 25.7 Å². The van der Waals surface area contributed by atoms with Gasteiger partial charge in [-0.1, -0.05) is 19.4 Å². The molecular weight excluding hydrogens is 276 g/mol. The van der Waals surface area contributed by atoms with E-state index in [1.54, 1.807) is 6.92 Å². The minimum atomic E-state index is -0.455. The van der Waals surface area contributed by atoms with E-state index in [-0.39, 0.29) is 13.2 Å². The first-order valence-corrected chi connectivity index (χ1v) is 6.60. The third-order valence-corrected chi connectivity index (χ3v) is 2.09. The molecule has 0 saturated heterocycles. The van der Waals surface area contributed by atoms with Crippen LogP contribution in [0.3, 0.4) is 0 Å². The van der Waals surface area contributed by atoms with Gasteiger partial charge in [0.1, 0.15) is 6.61 Å². The van der Waals surface area contributed by atoms with Crippen molar-refractivity contribution in [1.29, 1.82) is 0 Å². The lowest BCUT2D eigenvalue weighted by Gasteiger charge is -1.99. The van der Waals surface area contributed by atoms with Crippen molar-refractivity contribution in [2.45, 2.75) is 32.6 Å². The molecule has 118 valence electrons. The lowest BCUT2D eigenvalue weighted by Crippen LogP contribution is -2.08. The Morgan fingerprint density at radius 3 is 1.90 bits per heavy atom. The van der Waals surface area contributed by atoms with E-state index in [9.17, 15) is 14.4 Å². The predicted molar refractivity (Wildman–Crippen MR) is 77.3 cm³/mol. The summed E-state index contributed by atoms with van der Waals surface area (Å²) < 4.78 is 4.46. The van der Waals surface area contributed by atoms with Gasteiger partial charge in [0.25, 0.3) is 0 Å². The van der Waals surface area contributed by atoms with Crippen molar-refractivity contribution in [3.63, 3.8) is 0 Å². The van der Waals surface area contributed by atoms with E-state index in [4.69, 9.17) is 5.11 Å². The molecule has 21 heavy (non-hydrogen) atoms. The molecule has 0 aromatic heterocycles. The minimum absolute atomic E-state index is 0.0473. The maximum absolute atomic E-state index is 10.5. The Balaban J connectivity index is 0. The Bertz CT molecular complexity index is 361. The zero-order chi connectivity index (χ0) is 16.3. The van der Waals surface area contributed by atoms with E-state index < -0.39 is 5.97 Å². The molecule has 0 spiro atoms. The number of unbranched alkanes of at least 4 members (excludes halogenated alkanes) is 3. The van der Waals surface area contributed by atoms with E-state index in [0.29, 0.717) is 18.7 Å². The van der Waals surface area contributed by atoms with E-state index in [1.165, 1.54) is 12.2 Å². The molecule has 0 rings (SSSR count). The molecule has 0 saturated carbocycles. The highest BCUT2D eigenvalue weighted by atomic mass is 16.5. The SMILES string of the molecule is C=C(C)C(=O)OCCO.O=C=NCCCCCCN=C=O. The van der Waals surface area contributed by atoms with Crippen molar-refractivity contribution >= 4 is 18.1 Å². The largest absolute Gasteiger partial charge is 0.460 e. The number of nitrogens with zero attached hydrogens (tertiary/aromatic N) is 2. The van der Waals surface area contributed by atoms with Gasteiger partial charge in [-0.15, -0.1) is 0 Å². The lowest BCUT2D eigenvalue weighted by molar-refractivity contribution is -0.139. The van der Waals surface area contributed by atoms with Gasteiger partial charge in [0.05, 0.1) is 19.7 Å². The Hall–Kier alpha value is -2.07. The third-order valence-electron chi connectivity index (χ3n) is 2.09. The maximum atomic E-state index is 10.5. The second-order valence-corrected chi connectivity index (χ2v) is 4.00. The van der Waals surface area contributed by atoms with E-state index in [2.05, 4.69) is 21.3 Å². The summed E-state index contributed by atoms with van der Waals surface area (Å²) in [5.41, 5.74) is 0.350. The van der Waals surface area contributed by atoms with Gasteiger partial charge in [0, 0.05) is 5.57 Å². The van der Waals surface area contributed by atoms with Gasteiger partial charge in [0.2, 0.25) is 12.2 Å².